The van der Waals surface area contributed by atoms with Crippen molar-refractivity contribution < 1.29 is 19.1 Å². The van der Waals surface area contributed by atoms with Crippen LogP contribution in [0.1, 0.15) is 60.8 Å². The third-order valence-electron chi connectivity index (χ3n) is 7.73. The Morgan fingerprint density at radius 2 is 1.57 bits per heavy atom. The minimum Gasteiger partial charge on any atom is -0.493 e. The molecule has 0 saturated heterocycles. The Hall–Kier alpha value is -3.80. The first kappa shape index (κ1) is 29.2. The van der Waals surface area contributed by atoms with E-state index in [2.05, 4.69) is 11.4 Å². The lowest BCUT2D eigenvalue weighted by Crippen LogP contribution is -2.52. The summed E-state index contributed by atoms with van der Waals surface area (Å²) in [6.07, 6.45) is 6.75. The minimum atomic E-state index is -0.609. The van der Waals surface area contributed by atoms with Crippen molar-refractivity contribution in [2.75, 3.05) is 14.2 Å². The van der Waals surface area contributed by atoms with Gasteiger partial charge in [-0.3, -0.25) is 9.59 Å². The molecule has 1 fully saturated rings. The topological polar surface area (TPSA) is 67.9 Å². The number of rotatable bonds is 12. The predicted octanol–water partition coefficient (Wildman–Crippen LogP) is 6.03. The second-order valence-electron chi connectivity index (χ2n) is 10.7. The van der Waals surface area contributed by atoms with E-state index >= 15 is 0 Å². The van der Waals surface area contributed by atoms with Crippen LogP contribution in [0.2, 0.25) is 0 Å². The molecule has 0 radical (unpaired) electrons. The molecule has 0 aliphatic heterocycles. The third kappa shape index (κ3) is 8.10. The molecule has 0 spiro atoms. The number of ether oxygens (including phenoxy) is 2. The summed E-state index contributed by atoms with van der Waals surface area (Å²) in [6, 6.07) is 23.4. The molecular formula is C34H42N2O4. The van der Waals surface area contributed by atoms with Crippen LogP contribution in [-0.4, -0.2) is 43.0 Å². The Balaban J connectivity index is 1.61. The number of hydrogen-bond donors (Lipinski definition) is 1. The van der Waals surface area contributed by atoms with Crippen molar-refractivity contribution in [2.45, 2.75) is 76.9 Å². The van der Waals surface area contributed by atoms with E-state index in [9.17, 15) is 9.59 Å². The Morgan fingerprint density at radius 1 is 0.850 bits per heavy atom. The number of amides is 2. The fourth-order valence-electron chi connectivity index (χ4n) is 5.54. The number of nitrogens with one attached hydrogen (secondary N) is 1. The van der Waals surface area contributed by atoms with Crippen LogP contribution in [0.25, 0.3) is 0 Å². The molecule has 1 atom stereocenters. The average Bonchev–Trinajstić information content (AvgIpc) is 2.98. The van der Waals surface area contributed by atoms with Crippen molar-refractivity contribution in [2.24, 2.45) is 0 Å². The standard InChI is InChI=1S/C34H42N2O4/c1-25-11-10-14-28(21-25)24-36(33(37)20-18-27-17-19-31(39-2)32(23-27)40-3)30(22-26-12-6-4-7-13-26)34(38)35-29-15-8-5-9-16-29/h4,6-7,10-14,17,19,21,23,29-30H,5,8-9,15-16,18,20,22,24H2,1-3H3,(H,35,38)/t30-/m1/s1. The van der Waals surface area contributed by atoms with Crippen LogP contribution >= 0.6 is 0 Å². The summed E-state index contributed by atoms with van der Waals surface area (Å²) < 4.78 is 10.8. The van der Waals surface area contributed by atoms with Crippen LogP contribution in [-0.2, 0) is 29.0 Å². The van der Waals surface area contributed by atoms with Gasteiger partial charge in [-0.2, -0.15) is 0 Å². The monoisotopic (exact) mass is 542 g/mol. The van der Waals surface area contributed by atoms with Crippen LogP contribution in [0.4, 0.5) is 0 Å². The summed E-state index contributed by atoms with van der Waals surface area (Å²) in [5, 5.41) is 3.31. The van der Waals surface area contributed by atoms with Crippen molar-refractivity contribution in [3.05, 3.63) is 95.1 Å². The van der Waals surface area contributed by atoms with E-state index in [1.54, 1.807) is 19.1 Å². The van der Waals surface area contributed by atoms with E-state index in [1.165, 1.54) is 6.42 Å². The highest BCUT2D eigenvalue weighted by molar-refractivity contribution is 5.88. The van der Waals surface area contributed by atoms with Crippen LogP contribution in [0, 0.1) is 6.92 Å². The lowest BCUT2D eigenvalue weighted by atomic mass is 9.94. The molecule has 6 heteroatoms. The molecule has 0 heterocycles. The van der Waals surface area contributed by atoms with E-state index < -0.39 is 6.04 Å². The maximum absolute atomic E-state index is 14.0. The van der Waals surface area contributed by atoms with Gasteiger partial charge in [0.05, 0.1) is 14.2 Å². The largest absolute Gasteiger partial charge is 0.493 e. The molecule has 3 aromatic rings. The van der Waals surface area contributed by atoms with Crippen LogP contribution < -0.4 is 14.8 Å². The van der Waals surface area contributed by atoms with Crippen LogP contribution in [0.5, 0.6) is 11.5 Å². The fraction of sp³-hybridized carbons (Fsp3) is 0.412. The van der Waals surface area contributed by atoms with Gasteiger partial charge in [0.15, 0.2) is 11.5 Å². The zero-order valence-electron chi connectivity index (χ0n) is 24.0. The van der Waals surface area contributed by atoms with E-state index in [0.717, 1.165) is 47.9 Å². The summed E-state index contributed by atoms with van der Waals surface area (Å²) in [4.78, 5) is 29.7. The molecule has 1 saturated carbocycles. The SMILES string of the molecule is COc1ccc(CCC(=O)N(Cc2cccc(C)c2)[C@H](Cc2ccccc2)C(=O)NC2CCCCC2)cc1OC. The highest BCUT2D eigenvalue weighted by Gasteiger charge is 2.31. The first-order valence-corrected chi connectivity index (χ1v) is 14.4. The molecule has 0 bridgehead atoms. The van der Waals surface area contributed by atoms with Gasteiger partial charge < -0.3 is 19.7 Å². The van der Waals surface area contributed by atoms with Gasteiger partial charge in [-0.1, -0.05) is 85.5 Å². The molecule has 0 unspecified atom stereocenters. The van der Waals surface area contributed by atoms with Gasteiger partial charge in [0, 0.05) is 25.4 Å². The Morgan fingerprint density at radius 3 is 2.27 bits per heavy atom. The van der Waals surface area contributed by atoms with Crippen molar-refractivity contribution >= 4 is 11.8 Å². The number of nitrogens with zero attached hydrogens (tertiary/aromatic N) is 1. The lowest BCUT2D eigenvalue weighted by molar-refractivity contribution is -0.141. The second kappa shape index (κ2) is 14.5. The minimum absolute atomic E-state index is 0.0454. The van der Waals surface area contributed by atoms with Gasteiger partial charge in [0.2, 0.25) is 11.8 Å². The molecule has 1 aliphatic carbocycles. The molecule has 6 nitrogen and oxygen atoms in total. The molecule has 1 N–H and O–H groups in total. The number of aryl methyl sites for hydroxylation is 2. The van der Waals surface area contributed by atoms with E-state index in [4.69, 9.17) is 9.47 Å². The average molecular weight is 543 g/mol. The Bertz CT molecular complexity index is 1250. The van der Waals surface area contributed by atoms with E-state index in [0.29, 0.717) is 30.9 Å². The maximum atomic E-state index is 14.0. The highest BCUT2D eigenvalue weighted by atomic mass is 16.5. The highest BCUT2D eigenvalue weighted by Crippen LogP contribution is 2.28. The number of carbonyl (C=O) groups excluding carboxylic acids is 2. The van der Waals surface area contributed by atoms with E-state index in [1.807, 2.05) is 73.7 Å². The van der Waals surface area contributed by atoms with Crippen LogP contribution in [0.3, 0.4) is 0 Å². The van der Waals surface area contributed by atoms with Gasteiger partial charge in [0.25, 0.3) is 0 Å². The van der Waals surface area contributed by atoms with Crippen molar-refractivity contribution in [1.82, 2.24) is 10.2 Å². The van der Waals surface area contributed by atoms with Crippen molar-refractivity contribution in [3.8, 4) is 11.5 Å². The summed E-state index contributed by atoms with van der Waals surface area (Å²) in [5.74, 6) is 1.18. The van der Waals surface area contributed by atoms with Gasteiger partial charge in [-0.25, -0.2) is 0 Å². The first-order chi connectivity index (χ1) is 19.5. The van der Waals surface area contributed by atoms with Crippen molar-refractivity contribution in [3.63, 3.8) is 0 Å². The van der Waals surface area contributed by atoms with E-state index in [-0.39, 0.29) is 24.3 Å². The number of methoxy groups -OCH3 is 2. The zero-order chi connectivity index (χ0) is 28.3. The zero-order valence-corrected chi connectivity index (χ0v) is 24.0. The maximum Gasteiger partial charge on any atom is 0.243 e. The summed E-state index contributed by atoms with van der Waals surface area (Å²) in [6.45, 7) is 2.42. The molecule has 0 aromatic heterocycles. The second-order valence-corrected chi connectivity index (χ2v) is 10.7. The number of hydrogen-bond acceptors (Lipinski definition) is 4. The smallest absolute Gasteiger partial charge is 0.243 e. The summed E-state index contributed by atoms with van der Waals surface area (Å²) >= 11 is 0. The van der Waals surface area contributed by atoms with Gasteiger partial charge in [-0.05, 0) is 55.0 Å². The fourth-order valence-corrected chi connectivity index (χ4v) is 5.54. The van der Waals surface area contributed by atoms with Gasteiger partial charge >= 0.3 is 0 Å². The molecule has 40 heavy (non-hydrogen) atoms. The number of benzene rings is 3. The van der Waals surface area contributed by atoms with Crippen LogP contribution in [0.15, 0.2) is 72.8 Å². The molecule has 212 valence electrons. The molecule has 2 amide bonds. The first-order valence-electron chi connectivity index (χ1n) is 14.4. The molecular weight excluding hydrogens is 500 g/mol. The predicted molar refractivity (Wildman–Crippen MR) is 159 cm³/mol. The molecule has 1 aliphatic rings. The normalized spacial score (nSPS) is 14.3. The molecule has 3 aromatic carbocycles. The third-order valence-corrected chi connectivity index (χ3v) is 7.73. The summed E-state index contributed by atoms with van der Waals surface area (Å²) in [7, 11) is 3.21. The Labute approximate surface area is 238 Å². The number of carbonyl (C=O) groups is 2. The van der Waals surface area contributed by atoms with Gasteiger partial charge in [-0.15, -0.1) is 0 Å². The van der Waals surface area contributed by atoms with Crippen molar-refractivity contribution in [1.29, 1.82) is 0 Å². The lowest BCUT2D eigenvalue weighted by Gasteiger charge is -2.33. The summed E-state index contributed by atoms with van der Waals surface area (Å²) in [5.41, 5.74) is 4.16. The molecule has 4 rings (SSSR count). The van der Waals surface area contributed by atoms with Gasteiger partial charge in [0.1, 0.15) is 6.04 Å². The quantitative estimate of drug-likeness (QED) is 0.303. The Kier molecular flexibility index (Phi) is 10.6.